The van der Waals surface area contributed by atoms with Crippen LogP contribution < -0.4 is 9.64 Å². The van der Waals surface area contributed by atoms with Crippen LogP contribution in [0.4, 0.5) is 5.69 Å². The molecule has 1 unspecified atom stereocenters. The van der Waals surface area contributed by atoms with Crippen LogP contribution in [0.2, 0.25) is 10.0 Å². The third-order valence-corrected chi connectivity index (χ3v) is 6.56. The molecule has 1 N–H and O–H groups in total. The number of benzene rings is 2. The van der Waals surface area contributed by atoms with Gasteiger partial charge in [-0.3, -0.25) is 9.59 Å². The summed E-state index contributed by atoms with van der Waals surface area (Å²) in [7, 11) is 0. The van der Waals surface area contributed by atoms with Gasteiger partial charge in [-0.1, -0.05) is 41.4 Å². The van der Waals surface area contributed by atoms with Crippen LogP contribution in [0.1, 0.15) is 44.2 Å². The van der Waals surface area contributed by atoms with Gasteiger partial charge in [0.25, 0.3) is 5.91 Å². The van der Waals surface area contributed by atoms with E-state index in [1.807, 2.05) is 25.1 Å². The van der Waals surface area contributed by atoms with Crippen molar-refractivity contribution < 1.29 is 24.2 Å². The van der Waals surface area contributed by atoms with Crippen molar-refractivity contribution in [3.8, 4) is 5.75 Å². The number of hydrogen-bond donors (Lipinski definition) is 1. The van der Waals surface area contributed by atoms with Gasteiger partial charge in [0.2, 0.25) is 5.91 Å². The summed E-state index contributed by atoms with van der Waals surface area (Å²) < 4.78 is 5.97. The Morgan fingerprint density at radius 2 is 1.90 bits per heavy atom. The van der Waals surface area contributed by atoms with Gasteiger partial charge in [-0.05, 0) is 36.1 Å². The second-order valence-corrected chi connectivity index (χ2v) is 8.57. The Kier molecular flexibility index (Phi) is 5.75. The Morgan fingerprint density at radius 3 is 2.61 bits per heavy atom. The molecule has 1 aromatic heterocycles. The average molecular weight is 476 g/mol. The van der Waals surface area contributed by atoms with Gasteiger partial charge in [0.1, 0.15) is 16.7 Å². The smallest absolute Gasteiger partial charge is 0.346 e. The predicted octanol–water partition coefficient (Wildman–Crippen LogP) is 5.62. The number of thiophene rings is 1. The number of fused-ring (bicyclic) bond motifs is 1. The molecule has 0 aliphatic carbocycles. The van der Waals surface area contributed by atoms with E-state index >= 15 is 0 Å². The maximum absolute atomic E-state index is 13.1. The molecule has 158 valence electrons. The zero-order chi connectivity index (χ0) is 22.3. The molecule has 0 saturated heterocycles. The molecule has 2 aromatic carbocycles. The number of amides is 2. The van der Waals surface area contributed by atoms with E-state index < -0.39 is 23.9 Å². The highest BCUT2D eigenvalue weighted by atomic mass is 35.5. The molecule has 1 aliphatic rings. The molecule has 0 bridgehead atoms. The average Bonchev–Trinajstić information content (AvgIpc) is 3.15. The number of anilines is 1. The zero-order valence-electron chi connectivity index (χ0n) is 16.1. The molecule has 31 heavy (non-hydrogen) atoms. The van der Waals surface area contributed by atoms with Crippen LogP contribution in [-0.2, 0) is 11.2 Å². The lowest BCUT2D eigenvalue weighted by Crippen LogP contribution is -2.42. The first kappa shape index (κ1) is 21.4. The minimum absolute atomic E-state index is 0.0175. The highest BCUT2D eigenvalue weighted by molar-refractivity contribution is 7.12. The fourth-order valence-electron chi connectivity index (χ4n) is 3.44. The van der Waals surface area contributed by atoms with Gasteiger partial charge >= 0.3 is 5.97 Å². The summed E-state index contributed by atoms with van der Waals surface area (Å²) in [5, 5.41) is 11.6. The highest BCUT2D eigenvalue weighted by Crippen LogP contribution is 2.37. The molecular weight excluding hydrogens is 461 g/mol. The van der Waals surface area contributed by atoms with Crippen molar-refractivity contribution in [1.29, 1.82) is 0 Å². The topological polar surface area (TPSA) is 83.9 Å². The molecular formula is C22H15Cl2NO5S. The molecule has 2 heterocycles. The summed E-state index contributed by atoms with van der Waals surface area (Å²) in [5.41, 5.74) is 1.34. The molecule has 2 amide bonds. The van der Waals surface area contributed by atoms with Crippen LogP contribution >= 0.6 is 34.5 Å². The van der Waals surface area contributed by atoms with Crippen molar-refractivity contribution in [3.63, 3.8) is 0 Å². The quantitative estimate of drug-likeness (QED) is 0.483. The van der Waals surface area contributed by atoms with E-state index in [2.05, 4.69) is 0 Å². The first-order chi connectivity index (χ1) is 14.8. The van der Waals surface area contributed by atoms with Crippen molar-refractivity contribution in [2.45, 2.75) is 19.4 Å². The molecule has 0 saturated carbocycles. The van der Waals surface area contributed by atoms with Crippen molar-refractivity contribution >= 4 is 58.0 Å². The summed E-state index contributed by atoms with van der Waals surface area (Å²) in [6.07, 6.45) is -0.500. The Balaban J connectivity index is 1.69. The van der Waals surface area contributed by atoms with Crippen molar-refractivity contribution in [1.82, 2.24) is 0 Å². The largest absolute Gasteiger partial charge is 0.486 e. The number of rotatable bonds is 5. The van der Waals surface area contributed by atoms with Gasteiger partial charge in [-0.25, -0.2) is 9.69 Å². The molecule has 0 fully saturated rings. The Morgan fingerprint density at radius 1 is 1.16 bits per heavy atom. The van der Waals surface area contributed by atoms with Gasteiger partial charge in [-0.2, -0.15) is 0 Å². The predicted molar refractivity (Wildman–Crippen MR) is 119 cm³/mol. The van der Waals surface area contributed by atoms with Gasteiger partial charge in [0.05, 0.1) is 22.7 Å². The number of aromatic carboxylic acids is 1. The van der Waals surface area contributed by atoms with Crippen LogP contribution in [0, 0.1) is 0 Å². The highest BCUT2D eigenvalue weighted by Gasteiger charge is 2.37. The van der Waals surface area contributed by atoms with Crippen LogP contribution in [0.5, 0.6) is 5.75 Å². The van der Waals surface area contributed by atoms with Gasteiger partial charge in [-0.15, -0.1) is 11.3 Å². The second kappa shape index (κ2) is 8.34. The maximum Gasteiger partial charge on any atom is 0.346 e. The lowest BCUT2D eigenvalue weighted by atomic mass is 10.0. The lowest BCUT2D eigenvalue weighted by molar-refractivity contribution is -0.117. The van der Waals surface area contributed by atoms with Crippen LogP contribution in [0.15, 0.2) is 47.8 Å². The Labute approximate surface area is 191 Å². The van der Waals surface area contributed by atoms with Crippen LogP contribution in [0.3, 0.4) is 0 Å². The molecule has 0 radical (unpaired) electrons. The maximum atomic E-state index is 13.1. The van der Waals surface area contributed by atoms with Gasteiger partial charge in [0, 0.05) is 16.7 Å². The molecule has 9 heteroatoms. The van der Waals surface area contributed by atoms with Gasteiger partial charge in [0.15, 0.2) is 0 Å². The first-order valence-electron chi connectivity index (χ1n) is 9.19. The molecule has 1 aliphatic heterocycles. The molecule has 4 rings (SSSR count). The van der Waals surface area contributed by atoms with Crippen molar-refractivity contribution in [2.75, 3.05) is 4.90 Å². The van der Waals surface area contributed by atoms with Crippen LogP contribution in [-0.4, -0.2) is 22.9 Å². The molecule has 6 nitrogen and oxygen atoms in total. The summed E-state index contributed by atoms with van der Waals surface area (Å²) >= 11 is 13.5. The number of nitrogens with zero attached hydrogens (tertiary/aromatic N) is 1. The fraction of sp³-hybridized carbons (Fsp3) is 0.136. The van der Waals surface area contributed by atoms with Crippen molar-refractivity contribution in [2.24, 2.45) is 0 Å². The summed E-state index contributed by atoms with van der Waals surface area (Å²) in [6, 6.07) is 11.9. The minimum atomic E-state index is -1.22. The van der Waals surface area contributed by atoms with E-state index in [1.54, 1.807) is 12.1 Å². The number of carboxylic acid groups (broad SMARTS) is 1. The Bertz CT molecular complexity index is 1220. The van der Waals surface area contributed by atoms with Crippen molar-refractivity contribution in [3.05, 3.63) is 79.5 Å². The standard InChI is InChI=1S/C22H15Cl2NO5S/c1-11(14-4-2-3-5-15(14)23)30-13-6-7-16(24)17(9-13)25-18(26)8-12-10-31-20(22(28)29)19(12)21(25)27/h2-7,9-11H,8H2,1H3,(H,28,29). The summed E-state index contributed by atoms with van der Waals surface area (Å²) in [6.45, 7) is 1.82. The van der Waals surface area contributed by atoms with Gasteiger partial charge < -0.3 is 9.84 Å². The number of ether oxygens (including phenoxy) is 1. The third kappa shape index (κ3) is 3.92. The monoisotopic (exact) mass is 475 g/mol. The molecule has 1 atom stereocenters. The van der Waals surface area contributed by atoms with E-state index in [0.29, 0.717) is 16.3 Å². The number of carboxylic acids is 1. The lowest BCUT2D eigenvalue weighted by Gasteiger charge is -2.27. The zero-order valence-corrected chi connectivity index (χ0v) is 18.4. The number of imide groups is 1. The van der Waals surface area contributed by atoms with E-state index in [4.69, 9.17) is 27.9 Å². The summed E-state index contributed by atoms with van der Waals surface area (Å²) in [5.74, 6) is -2.05. The number of halogens is 2. The summed E-state index contributed by atoms with van der Waals surface area (Å²) in [4.78, 5) is 38.2. The molecule has 0 spiro atoms. The number of hydrogen-bond acceptors (Lipinski definition) is 5. The SMILES string of the molecule is CC(Oc1ccc(Cl)c(N2C(=O)Cc3csc(C(=O)O)c3C2=O)c1)c1ccccc1Cl. The van der Waals surface area contributed by atoms with Crippen LogP contribution in [0.25, 0.3) is 0 Å². The van der Waals surface area contributed by atoms with E-state index in [0.717, 1.165) is 21.8 Å². The third-order valence-electron chi connectivity index (χ3n) is 4.88. The number of carbonyl (C=O) groups is 3. The van der Waals surface area contributed by atoms with E-state index in [1.165, 1.54) is 17.5 Å². The first-order valence-corrected chi connectivity index (χ1v) is 10.8. The Hall–Kier alpha value is -2.87. The second-order valence-electron chi connectivity index (χ2n) is 6.88. The fourth-order valence-corrected chi connectivity index (χ4v) is 4.83. The minimum Gasteiger partial charge on any atom is -0.486 e. The van der Waals surface area contributed by atoms with E-state index in [-0.39, 0.29) is 27.6 Å². The number of carbonyl (C=O) groups excluding carboxylic acids is 2. The van der Waals surface area contributed by atoms with E-state index in [9.17, 15) is 19.5 Å². The normalized spacial score (nSPS) is 14.4. The molecule has 3 aromatic rings.